The molecule has 0 radical (unpaired) electrons. The van der Waals surface area contributed by atoms with Gasteiger partial charge >= 0.3 is 0 Å². The standard InChI is InChI=1S/C30H60O/c1-22(2,3)28(23(4,5)6)19-29(24(7,8)9,25(10,11)12)21(31)30(20-28,26(13,14)15)27(16,17)18/h21,31H,19-20H2,1-18H3. The van der Waals surface area contributed by atoms with E-state index in [-0.39, 0.29) is 48.7 Å². The van der Waals surface area contributed by atoms with Crippen LogP contribution in [0.15, 0.2) is 0 Å². The van der Waals surface area contributed by atoms with Gasteiger partial charge in [-0.25, -0.2) is 0 Å². The molecule has 1 rings (SSSR count). The summed E-state index contributed by atoms with van der Waals surface area (Å²) in [7, 11) is 0. The van der Waals surface area contributed by atoms with Gasteiger partial charge in [-0.05, 0) is 50.7 Å². The molecule has 0 aromatic carbocycles. The summed E-state index contributed by atoms with van der Waals surface area (Å²) < 4.78 is 0. The first-order valence-corrected chi connectivity index (χ1v) is 12.7. The van der Waals surface area contributed by atoms with Crippen LogP contribution in [0, 0.1) is 48.7 Å². The number of rotatable bonds is 0. The van der Waals surface area contributed by atoms with Gasteiger partial charge in [0, 0.05) is 10.8 Å². The molecular weight excluding hydrogens is 376 g/mol. The molecule has 31 heavy (non-hydrogen) atoms. The molecule has 186 valence electrons. The van der Waals surface area contributed by atoms with E-state index < -0.39 is 6.10 Å². The Morgan fingerprint density at radius 2 is 0.613 bits per heavy atom. The fraction of sp³-hybridized carbons (Fsp3) is 1.00. The summed E-state index contributed by atoms with van der Waals surface area (Å²) in [6.07, 6.45) is 1.71. The lowest BCUT2D eigenvalue weighted by atomic mass is 9.29. The summed E-state index contributed by atoms with van der Waals surface area (Å²) in [4.78, 5) is 0. The monoisotopic (exact) mass is 436 g/mol. The van der Waals surface area contributed by atoms with Gasteiger partial charge in [0.05, 0.1) is 6.10 Å². The molecule has 0 saturated heterocycles. The maximum atomic E-state index is 12.8. The number of aliphatic hydroxyl groups excluding tert-OH is 1. The first-order chi connectivity index (χ1) is 13.1. The molecule has 0 aromatic heterocycles. The Balaban J connectivity index is 4.43. The molecule has 0 unspecified atom stereocenters. The van der Waals surface area contributed by atoms with E-state index in [1.807, 2.05) is 0 Å². The normalized spacial score (nSPS) is 23.7. The van der Waals surface area contributed by atoms with E-state index in [1.54, 1.807) is 0 Å². The van der Waals surface area contributed by atoms with Crippen LogP contribution in [-0.2, 0) is 0 Å². The van der Waals surface area contributed by atoms with Crippen LogP contribution in [0.25, 0.3) is 0 Å². The van der Waals surface area contributed by atoms with Gasteiger partial charge in [0.2, 0.25) is 0 Å². The van der Waals surface area contributed by atoms with Crippen molar-refractivity contribution in [3.63, 3.8) is 0 Å². The van der Waals surface area contributed by atoms with E-state index in [0.29, 0.717) is 0 Å². The second-order valence-corrected chi connectivity index (χ2v) is 17.3. The van der Waals surface area contributed by atoms with E-state index in [1.165, 1.54) is 0 Å². The molecular formula is C30H60O. The van der Waals surface area contributed by atoms with Crippen molar-refractivity contribution in [2.45, 2.75) is 144 Å². The summed E-state index contributed by atoms with van der Waals surface area (Å²) >= 11 is 0. The lowest BCUT2D eigenvalue weighted by Crippen LogP contribution is -2.74. The van der Waals surface area contributed by atoms with Crippen LogP contribution in [0.1, 0.15) is 137 Å². The SMILES string of the molecule is CC(C)(C)C1(C(C)(C)C)CC(C(C)(C)C)(C(C)(C)C)C(O)C(C(C)(C)C)(C(C)(C)C)C1. The van der Waals surface area contributed by atoms with Gasteiger partial charge in [-0.2, -0.15) is 0 Å². The van der Waals surface area contributed by atoms with Crippen LogP contribution in [0.4, 0.5) is 0 Å². The molecule has 1 nitrogen and oxygen atoms in total. The van der Waals surface area contributed by atoms with Crippen molar-refractivity contribution in [3.8, 4) is 0 Å². The predicted octanol–water partition coefficient (Wildman–Crippen LogP) is 9.38. The fourth-order valence-electron chi connectivity index (χ4n) is 8.77. The highest BCUT2D eigenvalue weighted by Crippen LogP contribution is 2.78. The van der Waals surface area contributed by atoms with Crippen LogP contribution in [-0.4, -0.2) is 11.2 Å². The Bertz CT molecular complexity index is 551. The third-order valence-corrected chi connectivity index (χ3v) is 10.3. The summed E-state index contributed by atoms with van der Waals surface area (Å²) in [6, 6.07) is 0. The van der Waals surface area contributed by atoms with E-state index in [9.17, 15) is 5.11 Å². The Labute approximate surface area is 197 Å². The molecule has 0 atom stereocenters. The quantitative estimate of drug-likeness (QED) is 0.401. The van der Waals surface area contributed by atoms with Crippen molar-refractivity contribution in [1.82, 2.24) is 0 Å². The van der Waals surface area contributed by atoms with E-state index in [0.717, 1.165) is 12.8 Å². The highest BCUT2D eigenvalue weighted by Gasteiger charge is 2.75. The van der Waals surface area contributed by atoms with Gasteiger partial charge in [-0.3, -0.25) is 0 Å². The molecule has 0 aliphatic heterocycles. The van der Waals surface area contributed by atoms with Crippen LogP contribution in [0.2, 0.25) is 0 Å². The number of hydrogen-bond acceptors (Lipinski definition) is 1. The maximum Gasteiger partial charge on any atom is 0.0673 e. The van der Waals surface area contributed by atoms with Crippen LogP contribution >= 0.6 is 0 Å². The van der Waals surface area contributed by atoms with Crippen molar-refractivity contribution in [2.24, 2.45) is 48.7 Å². The van der Waals surface area contributed by atoms with Gasteiger partial charge in [0.1, 0.15) is 0 Å². The van der Waals surface area contributed by atoms with Crippen molar-refractivity contribution < 1.29 is 5.11 Å². The van der Waals surface area contributed by atoms with Gasteiger partial charge < -0.3 is 5.11 Å². The fourth-order valence-corrected chi connectivity index (χ4v) is 8.77. The second kappa shape index (κ2) is 7.23. The Kier molecular flexibility index (Phi) is 6.76. The van der Waals surface area contributed by atoms with E-state index >= 15 is 0 Å². The smallest absolute Gasteiger partial charge is 0.0673 e. The van der Waals surface area contributed by atoms with Crippen LogP contribution in [0.3, 0.4) is 0 Å². The topological polar surface area (TPSA) is 20.2 Å². The van der Waals surface area contributed by atoms with Gasteiger partial charge in [0.25, 0.3) is 0 Å². The minimum absolute atomic E-state index is 0.0470. The van der Waals surface area contributed by atoms with E-state index in [2.05, 4.69) is 125 Å². The van der Waals surface area contributed by atoms with Gasteiger partial charge in [0.15, 0.2) is 0 Å². The third kappa shape index (κ3) is 3.85. The summed E-state index contributed by atoms with van der Waals surface area (Å²) in [5.74, 6) is 0. The molecule has 1 heteroatoms. The zero-order valence-corrected chi connectivity index (χ0v) is 24.9. The van der Waals surface area contributed by atoms with E-state index in [4.69, 9.17) is 0 Å². The molecule has 0 amide bonds. The first kappa shape index (κ1) is 29.0. The second-order valence-electron chi connectivity index (χ2n) is 17.3. The largest absolute Gasteiger partial charge is 0.392 e. The lowest BCUT2D eigenvalue weighted by Gasteiger charge is -2.76. The average molecular weight is 437 g/mol. The number of aliphatic hydroxyl groups is 1. The van der Waals surface area contributed by atoms with Crippen molar-refractivity contribution in [3.05, 3.63) is 0 Å². The molecule has 0 bridgehead atoms. The van der Waals surface area contributed by atoms with Crippen LogP contribution < -0.4 is 0 Å². The molecule has 1 saturated carbocycles. The van der Waals surface area contributed by atoms with Gasteiger partial charge in [-0.15, -0.1) is 0 Å². The highest BCUT2D eigenvalue weighted by atomic mass is 16.3. The van der Waals surface area contributed by atoms with Crippen molar-refractivity contribution in [1.29, 1.82) is 0 Å². The molecule has 0 aromatic rings. The molecule has 1 aliphatic carbocycles. The predicted molar refractivity (Wildman–Crippen MR) is 139 cm³/mol. The zero-order valence-electron chi connectivity index (χ0n) is 24.9. The zero-order chi connectivity index (χ0) is 25.5. The average Bonchev–Trinajstić information content (AvgIpc) is 2.39. The summed E-state index contributed by atoms with van der Waals surface area (Å²) in [5, 5.41) is 12.8. The van der Waals surface area contributed by atoms with Crippen LogP contribution in [0.5, 0.6) is 0 Å². The highest BCUT2D eigenvalue weighted by molar-refractivity contribution is 5.23. The maximum absolute atomic E-state index is 12.8. The third-order valence-electron chi connectivity index (χ3n) is 10.3. The molecule has 1 N–H and O–H groups in total. The van der Waals surface area contributed by atoms with Crippen molar-refractivity contribution >= 4 is 0 Å². The lowest BCUT2D eigenvalue weighted by molar-refractivity contribution is -0.317. The molecule has 0 spiro atoms. The first-order valence-electron chi connectivity index (χ1n) is 12.7. The number of hydrogen-bond donors (Lipinski definition) is 1. The van der Waals surface area contributed by atoms with Gasteiger partial charge in [-0.1, -0.05) is 125 Å². The molecule has 1 aliphatic rings. The molecule has 0 heterocycles. The summed E-state index contributed by atoms with van der Waals surface area (Å²) in [5.41, 5.74) is -0.380. The Hall–Kier alpha value is -0.0400. The minimum Gasteiger partial charge on any atom is -0.392 e. The summed E-state index contributed by atoms with van der Waals surface area (Å²) in [6.45, 7) is 43.4. The minimum atomic E-state index is -0.391. The Morgan fingerprint density at radius 3 is 0.742 bits per heavy atom. The Morgan fingerprint density at radius 1 is 0.419 bits per heavy atom. The van der Waals surface area contributed by atoms with Crippen molar-refractivity contribution in [2.75, 3.05) is 0 Å². The molecule has 1 fully saturated rings.